The molecule has 0 spiro atoms. The van der Waals surface area contributed by atoms with Crippen LogP contribution in [0.3, 0.4) is 0 Å². The molecule has 140 valence electrons. The molecule has 1 aromatic rings. The van der Waals surface area contributed by atoms with Crippen molar-refractivity contribution in [3.63, 3.8) is 0 Å². The number of amides is 2. The highest BCUT2D eigenvalue weighted by Crippen LogP contribution is 2.32. The van der Waals surface area contributed by atoms with Crippen LogP contribution in [-0.4, -0.2) is 68.7 Å². The fourth-order valence-corrected chi connectivity index (χ4v) is 2.89. The van der Waals surface area contributed by atoms with Crippen molar-refractivity contribution < 1.29 is 19.1 Å². The summed E-state index contributed by atoms with van der Waals surface area (Å²) < 4.78 is 10.3. The van der Waals surface area contributed by atoms with Crippen molar-refractivity contribution in [3.8, 4) is 0 Å². The molecular weight excluding hydrogens is 356 g/mol. The molecule has 0 radical (unpaired) electrons. The molecule has 7 heteroatoms. The van der Waals surface area contributed by atoms with Crippen LogP contribution in [0.2, 0.25) is 5.02 Å². The Morgan fingerprint density at radius 1 is 1.08 bits per heavy atom. The molecule has 0 saturated heterocycles. The lowest BCUT2D eigenvalue weighted by Crippen LogP contribution is -2.37. The van der Waals surface area contributed by atoms with Crippen LogP contribution in [0.15, 0.2) is 42.6 Å². The average molecular weight is 379 g/mol. The van der Waals surface area contributed by atoms with Gasteiger partial charge < -0.3 is 14.4 Å². The second-order valence-electron chi connectivity index (χ2n) is 5.71. The summed E-state index contributed by atoms with van der Waals surface area (Å²) in [4.78, 5) is 28.9. The van der Waals surface area contributed by atoms with Crippen molar-refractivity contribution in [2.24, 2.45) is 0 Å². The topological polar surface area (TPSA) is 59.1 Å². The number of methoxy groups -OCH3 is 2. The van der Waals surface area contributed by atoms with Crippen LogP contribution in [0, 0.1) is 0 Å². The van der Waals surface area contributed by atoms with Gasteiger partial charge in [0.1, 0.15) is 5.70 Å². The molecule has 0 atom stereocenters. The number of carbonyl (C=O) groups excluding carboxylic acids is 2. The first-order valence-corrected chi connectivity index (χ1v) is 8.63. The zero-order valence-electron chi connectivity index (χ0n) is 15.0. The van der Waals surface area contributed by atoms with Crippen molar-refractivity contribution in [3.05, 3.63) is 53.2 Å². The van der Waals surface area contributed by atoms with E-state index in [4.69, 9.17) is 21.1 Å². The number of imide groups is 1. The van der Waals surface area contributed by atoms with Gasteiger partial charge in [0, 0.05) is 38.9 Å². The molecule has 1 aliphatic rings. The van der Waals surface area contributed by atoms with Gasteiger partial charge in [0.15, 0.2) is 0 Å². The van der Waals surface area contributed by atoms with E-state index in [1.54, 1.807) is 38.5 Å². The summed E-state index contributed by atoms with van der Waals surface area (Å²) in [5.74, 6) is -0.681. The average Bonchev–Trinajstić information content (AvgIpc) is 2.88. The van der Waals surface area contributed by atoms with Gasteiger partial charge in [-0.25, -0.2) is 0 Å². The van der Waals surface area contributed by atoms with Gasteiger partial charge in [0.05, 0.1) is 18.8 Å². The maximum atomic E-state index is 13.0. The molecule has 1 heterocycles. The monoisotopic (exact) mass is 378 g/mol. The first kappa shape index (κ1) is 20.2. The number of halogens is 1. The molecule has 2 amide bonds. The number of benzene rings is 1. The van der Waals surface area contributed by atoms with Crippen molar-refractivity contribution in [1.82, 2.24) is 9.80 Å². The highest BCUT2D eigenvalue weighted by atomic mass is 35.5. The Bertz CT molecular complexity index is 692. The fraction of sp³-hybridized carbons (Fsp3) is 0.368. The summed E-state index contributed by atoms with van der Waals surface area (Å²) in [5, 5.41) is 0.561. The van der Waals surface area contributed by atoms with E-state index in [0.29, 0.717) is 48.2 Å². The number of hydrogen-bond acceptors (Lipinski definition) is 5. The van der Waals surface area contributed by atoms with Gasteiger partial charge in [-0.1, -0.05) is 29.8 Å². The van der Waals surface area contributed by atoms with Gasteiger partial charge in [-0.3, -0.25) is 14.5 Å². The van der Waals surface area contributed by atoms with Gasteiger partial charge in [0.25, 0.3) is 11.8 Å². The van der Waals surface area contributed by atoms with Crippen molar-refractivity contribution in [2.45, 2.75) is 0 Å². The quantitative estimate of drug-likeness (QED) is 0.461. The fourth-order valence-electron chi connectivity index (χ4n) is 2.77. The van der Waals surface area contributed by atoms with Crippen LogP contribution in [0.25, 0.3) is 5.57 Å². The Labute approximate surface area is 158 Å². The van der Waals surface area contributed by atoms with E-state index in [9.17, 15) is 9.59 Å². The minimum Gasteiger partial charge on any atom is -0.383 e. The van der Waals surface area contributed by atoms with E-state index in [0.717, 1.165) is 0 Å². The molecule has 0 unspecified atom stereocenters. The maximum Gasteiger partial charge on any atom is 0.278 e. The largest absolute Gasteiger partial charge is 0.383 e. The second-order valence-corrected chi connectivity index (χ2v) is 6.15. The van der Waals surface area contributed by atoms with Gasteiger partial charge in [-0.05, 0) is 17.7 Å². The van der Waals surface area contributed by atoms with E-state index >= 15 is 0 Å². The summed E-state index contributed by atoms with van der Waals surface area (Å²) >= 11 is 5.96. The first-order valence-electron chi connectivity index (χ1n) is 8.25. The van der Waals surface area contributed by atoms with Crippen LogP contribution < -0.4 is 0 Å². The van der Waals surface area contributed by atoms with Crippen molar-refractivity contribution in [2.75, 3.05) is 47.1 Å². The standard InChI is InChI=1S/C19H23ClN2O4/c1-4-9-22-18(23)16(14-5-7-15(20)8-6-14)17(19(22)24)21(10-12-25-2)11-13-26-3/h4-8H,1,9-13H2,2-3H3. The number of ether oxygens (including phenoxy) is 2. The van der Waals surface area contributed by atoms with Crippen molar-refractivity contribution >= 4 is 29.0 Å². The molecule has 2 rings (SSSR count). The smallest absolute Gasteiger partial charge is 0.278 e. The predicted octanol–water partition coefficient (Wildman–Crippen LogP) is 2.20. The van der Waals surface area contributed by atoms with Crippen LogP contribution in [0.4, 0.5) is 0 Å². The Morgan fingerprint density at radius 2 is 1.65 bits per heavy atom. The lowest BCUT2D eigenvalue weighted by atomic mass is 10.0. The molecule has 0 bridgehead atoms. The Morgan fingerprint density at radius 3 is 2.15 bits per heavy atom. The maximum absolute atomic E-state index is 13.0. The van der Waals surface area contributed by atoms with Gasteiger partial charge in [-0.2, -0.15) is 0 Å². The summed E-state index contributed by atoms with van der Waals surface area (Å²) in [6.07, 6.45) is 1.53. The Balaban J connectivity index is 2.52. The van der Waals surface area contributed by atoms with Crippen LogP contribution >= 0.6 is 11.6 Å². The third-order valence-corrected chi connectivity index (χ3v) is 4.29. The second kappa shape index (κ2) is 9.52. The molecule has 0 aliphatic carbocycles. The Kier molecular flexibility index (Phi) is 7.38. The number of hydrogen-bond donors (Lipinski definition) is 0. The van der Waals surface area contributed by atoms with Gasteiger partial charge in [0.2, 0.25) is 0 Å². The highest BCUT2D eigenvalue weighted by Gasteiger charge is 2.40. The van der Waals surface area contributed by atoms with Crippen LogP contribution in [-0.2, 0) is 19.1 Å². The minimum atomic E-state index is -0.341. The zero-order valence-corrected chi connectivity index (χ0v) is 15.8. The molecule has 0 aromatic heterocycles. The summed E-state index contributed by atoms with van der Waals surface area (Å²) in [5.41, 5.74) is 1.36. The molecule has 0 N–H and O–H groups in total. The van der Waals surface area contributed by atoms with E-state index in [-0.39, 0.29) is 18.4 Å². The van der Waals surface area contributed by atoms with E-state index < -0.39 is 0 Å². The molecule has 0 saturated carbocycles. The molecule has 1 aromatic carbocycles. The van der Waals surface area contributed by atoms with Gasteiger partial charge >= 0.3 is 0 Å². The van der Waals surface area contributed by atoms with E-state index in [1.807, 2.05) is 4.90 Å². The van der Waals surface area contributed by atoms with Crippen LogP contribution in [0.1, 0.15) is 5.56 Å². The lowest BCUT2D eigenvalue weighted by Gasteiger charge is -2.25. The van der Waals surface area contributed by atoms with Crippen LogP contribution in [0.5, 0.6) is 0 Å². The SMILES string of the molecule is C=CCN1C(=O)C(c2ccc(Cl)cc2)=C(N(CCOC)CCOC)C1=O. The summed E-state index contributed by atoms with van der Waals surface area (Å²) in [6, 6.07) is 6.88. The van der Waals surface area contributed by atoms with Gasteiger partial charge in [-0.15, -0.1) is 6.58 Å². The number of rotatable bonds is 10. The predicted molar refractivity (Wildman–Crippen MR) is 101 cm³/mol. The molecule has 6 nitrogen and oxygen atoms in total. The van der Waals surface area contributed by atoms with E-state index in [1.165, 1.54) is 11.0 Å². The molecule has 0 fully saturated rings. The lowest BCUT2D eigenvalue weighted by molar-refractivity contribution is -0.137. The van der Waals surface area contributed by atoms with Crippen molar-refractivity contribution in [1.29, 1.82) is 0 Å². The normalized spacial score (nSPS) is 14.3. The first-order chi connectivity index (χ1) is 12.5. The minimum absolute atomic E-state index is 0.153. The third-order valence-electron chi connectivity index (χ3n) is 4.04. The highest BCUT2D eigenvalue weighted by molar-refractivity contribution is 6.36. The third kappa shape index (κ3) is 4.33. The van der Waals surface area contributed by atoms with E-state index in [2.05, 4.69) is 6.58 Å². The Hall–Kier alpha value is -2.15. The molecular formula is C19H23ClN2O4. The molecule has 26 heavy (non-hydrogen) atoms. The zero-order chi connectivity index (χ0) is 19.1. The molecule has 1 aliphatic heterocycles. The summed E-state index contributed by atoms with van der Waals surface area (Å²) in [6.45, 7) is 5.56. The number of carbonyl (C=O) groups is 2. The summed E-state index contributed by atoms with van der Waals surface area (Å²) in [7, 11) is 3.18. The number of nitrogens with zero attached hydrogens (tertiary/aromatic N) is 2.